The van der Waals surface area contributed by atoms with Crippen LogP contribution in [0.4, 0.5) is 0 Å². The van der Waals surface area contributed by atoms with Crippen molar-refractivity contribution in [1.82, 2.24) is 0 Å². The second-order valence-electron chi connectivity index (χ2n) is 5.02. The number of sulfone groups is 1. The van der Waals surface area contributed by atoms with Gasteiger partial charge in [0.15, 0.2) is 0 Å². The Morgan fingerprint density at radius 3 is 2.06 bits per heavy atom. The normalized spacial score (nSPS) is 30.1. The zero-order chi connectivity index (χ0) is 11.6. The Morgan fingerprint density at radius 2 is 1.50 bits per heavy atom. The lowest BCUT2D eigenvalue weighted by atomic mass is 9.81. The number of nitrogens with two attached hydrogens (primary N) is 1. The smallest absolute Gasteiger partial charge is 0.150 e. The van der Waals surface area contributed by atoms with E-state index < -0.39 is 9.84 Å². The first-order valence-electron chi connectivity index (χ1n) is 6.12. The molecule has 4 nitrogen and oxygen atoms in total. The van der Waals surface area contributed by atoms with E-state index in [-0.39, 0.29) is 6.04 Å². The van der Waals surface area contributed by atoms with Crippen molar-refractivity contribution >= 4 is 9.84 Å². The van der Waals surface area contributed by atoms with Gasteiger partial charge in [0.25, 0.3) is 0 Å². The van der Waals surface area contributed by atoms with Crippen LogP contribution in [0.15, 0.2) is 0 Å². The van der Waals surface area contributed by atoms with E-state index in [1.54, 1.807) is 0 Å². The minimum absolute atomic E-state index is 0.166. The highest BCUT2D eigenvalue weighted by molar-refractivity contribution is 7.91. The molecule has 0 aromatic heterocycles. The van der Waals surface area contributed by atoms with Gasteiger partial charge in [-0.25, -0.2) is 8.42 Å². The molecule has 0 amide bonds. The summed E-state index contributed by atoms with van der Waals surface area (Å²) in [6.07, 6.45) is 3.57. The highest BCUT2D eigenvalue weighted by atomic mass is 32.2. The maximum Gasteiger partial charge on any atom is 0.150 e. The lowest BCUT2D eigenvalue weighted by Gasteiger charge is -2.35. The van der Waals surface area contributed by atoms with Crippen LogP contribution in [-0.2, 0) is 14.6 Å². The Labute approximate surface area is 97.5 Å². The van der Waals surface area contributed by atoms with Gasteiger partial charge < -0.3 is 10.5 Å². The van der Waals surface area contributed by atoms with E-state index in [1.807, 2.05) is 0 Å². The van der Waals surface area contributed by atoms with Crippen molar-refractivity contribution in [3.05, 3.63) is 0 Å². The average molecular weight is 247 g/mol. The van der Waals surface area contributed by atoms with Gasteiger partial charge in [-0.1, -0.05) is 0 Å². The Morgan fingerprint density at radius 1 is 1.00 bits per heavy atom. The first-order chi connectivity index (χ1) is 7.58. The minimum atomic E-state index is -2.76. The highest BCUT2D eigenvalue weighted by Gasteiger charge is 2.32. The van der Waals surface area contributed by atoms with Crippen molar-refractivity contribution in [1.29, 1.82) is 0 Å². The molecule has 1 unspecified atom stereocenters. The summed E-state index contributed by atoms with van der Waals surface area (Å²) in [5.41, 5.74) is 6.26. The third kappa shape index (κ3) is 2.96. The predicted molar refractivity (Wildman–Crippen MR) is 62.9 cm³/mol. The van der Waals surface area contributed by atoms with Crippen LogP contribution >= 0.6 is 0 Å². The van der Waals surface area contributed by atoms with Crippen LogP contribution in [0.25, 0.3) is 0 Å². The molecule has 2 rings (SSSR count). The summed E-state index contributed by atoms with van der Waals surface area (Å²) in [5, 5.41) is 0. The fourth-order valence-corrected chi connectivity index (χ4v) is 4.31. The molecule has 2 saturated heterocycles. The Kier molecular flexibility index (Phi) is 3.87. The van der Waals surface area contributed by atoms with Gasteiger partial charge in [0.1, 0.15) is 9.84 Å². The van der Waals surface area contributed by atoms with E-state index in [9.17, 15) is 8.42 Å². The molecule has 2 N–H and O–H groups in total. The molecule has 2 aliphatic rings. The van der Waals surface area contributed by atoms with Gasteiger partial charge in [-0.3, -0.25) is 0 Å². The summed E-state index contributed by atoms with van der Waals surface area (Å²) in [4.78, 5) is 0. The molecule has 0 radical (unpaired) electrons. The molecule has 0 bridgehead atoms. The van der Waals surface area contributed by atoms with Gasteiger partial charge in [-0.2, -0.15) is 0 Å². The SMILES string of the molecule is NC(C1CCOCC1)C1CCS(=O)(=O)CC1. The average Bonchev–Trinajstić information content (AvgIpc) is 2.29. The topological polar surface area (TPSA) is 69.4 Å². The van der Waals surface area contributed by atoms with Crippen LogP contribution in [0.2, 0.25) is 0 Å². The van der Waals surface area contributed by atoms with Crippen molar-refractivity contribution in [2.24, 2.45) is 17.6 Å². The zero-order valence-corrected chi connectivity index (χ0v) is 10.4. The van der Waals surface area contributed by atoms with Crippen LogP contribution in [0.3, 0.4) is 0 Å². The third-order valence-electron chi connectivity index (χ3n) is 3.95. The van der Waals surface area contributed by atoms with Gasteiger partial charge in [-0.05, 0) is 37.5 Å². The van der Waals surface area contributed by atoms with Gasteiger partial charge in [-0.15, -0.1) is 0 Å². The van der Waals surface area contributed by atoms with E-state index in [0.29, 0.717) is 23.3 Å². The highest BCUT2D eigenvalue weighted by Crippen LogP contribution is 2.29. The van der Waals surface area contributed by atoms with Gasteiger partial charge in [0.2, 0.25) is 0 Å². The second kappa shape index (κ2) is 5.02. The molecule has 16 heavy (non-hydrogen) atoms. The molecule has 5 heteroatoms. The van der Waals surface area contributed by atoms with Gasteiger partial charge >= 0.3 is 0 Å². The number of ether oxygens (including phenoxy) is 1. The van der Waals surface area contributed by atoms with E-state index in [0.717, 1.165) is 38.9 Å². The van der Waals surface area contributed by atoms with E-state index in [1.165, 1.54) is 0 Å². The quantitative estimate of drug-likeness (QED) is 0.774. The van der Waals surface area contributed by atoms with Crippen molar-refractivity contribution in [3.63, 3.8) is 0 Å². The van der Waals surface area contributed by atoms with Crippen molar-refractivity contribution in [2.45, 2.75) is 31.7 Å². The summed E-state index contributed by atoms with van der Waals surface area (Å²) >= 11 is 0. The van der Waals surface area contributed by atoms with Crippen LogP contribution < -0.4 is 5.73 Å². The molecule has 94 valence electrons. The van der Waals surface area contributed by atoms with Crippen molar-refractivity contribution in [2.75, 3.05) is 24.7 Å². The molecule has 2 fully saturated rings. The van der Waals surface area contributed by atoms with E-state index >= 15 is 0 Å². The summed E-state index contributed by atoms with van der Waals surface area (Å²) in [5.74, 6) is 1.58. The maximum absolute atomic E-state index is 11.3. The number of hydrogen-bond donors (Lipinski definition) is 1. The minimum Gasteiger partial charge on any atom is -0.381 e. The van der Waals surface area contributed by atoms with Crippen molar-refractivity contribution in [3.8, 4) is 0 Å². The number of rotatable bonds is 2. The van der Waals surface area contributed by atoms with Crippen LogP contribution in [-0.4, -0.2) is 39.2 Å². The van der Waals surface area contributed by atoms with Gasteiger partial charge in [0, 0.05) is 19.3 Å². The Bertz CT molecular complexity index is 308. The summed E-state index contributed by atoms with van der Waals surface area (Å²) in [7, 11) is -2.76. The Balaban J connectivity index is 1.88. The molecule has 2 aliphatic heterocycles. The van der Waals surface area contributed by atoms with E-state index in [4.69, 9.17) is 10.5 Å². The molecular weight excluding hydrogens is 226 g/mol. The largest absolute Gasteiger partial charge is 0.381 e. The maximum atomic E-state index is 11.3. The van der Waals surface area contributed by atoms with Crippen molar-refractivity contribution < 1.29 is 13.2 Å². The summed E-state index contributed by atoms with van der Waals surface area (Å²) < 4.78 is 28.0. The molecule has 2 heterocycles. The third-order valence-corrected chi connectivity index (χ3v) is 5.67. The van der Waals surface area contributed by atoms with Crippen LogP contribution in [0.5, 0.6) is 0 Å². The summed E-state index contributed by atoms with van der Waals surface area (Å²) in [6, 6.07) is 0.166. The monoisotopic (exact) mass is 247 g/mol. The molecule has 1 atom stereocenters. The van der Waals surface area contributed by atoms with Gasteiger partial charge in [0.05, 0.1) is 11.5 Å². The lowest BCUT2D eigenvalue weighted by molar-refractivity contribution is 0.0501. The van der Waals surface area contributed by atoms with Crippen LogP contribution in [0, 0.1) is 11.8 Å². The standard InChI is InChI=1S/C11H21NO3S/c12-11(9-1-5-15-6-2-9)10-3-7-16(13,14)8-4-10/h9-11H,1-8,12H2. The summed E-state index contributed by atoms with van der Waals surface area (Å²) in [6.45, 7) is 1.62. The first kappa shape index (κ1) is 12.3. The molecule has 0 spiro atoms. The fourth-order valence-electron chi connectivity index (χ4n) is 2.78. The molecule has 0 saturated carbocycles. The van der Waals surface area contributed by atoms with Crippen LogP contribution in [0.1, 0.15) is 25.7 Å². The molecular formula is C11H21NO3S. The van der Waals surface area contributed by atoms with E-state index in [2.05, 4.69) is 0 Å². The first-order valence-corrected chi connectivity index (χ1v) is 7.94. The Hall–Kier alpha value is -0.130. The number of hydrogen-bond acceptors (Lipinski definition) is 4. The fraction of sp³-hybridized carbons (Fsp3) is 1.00. The molecule has 0 aromatic rings. The second-order valence-corrected chi connectivity index (χ2v) is 7.32. The zero-order valence-electron chi connectivity index (χ0n) is 9.60. The molecule has 0 aromatic carbocycles. The molecule has 0 aliphatic carbocycles. The lowest BCUT2D eigenvalue weighted by Crippen LogP contribution is -2.43. The predicted octanol–water partition coefficient (Wildman–Crippen LogP) is 0.565.